The Labute approximate surface area is 106 Å². The first-order valence-corrected chi connectivity index (χ1v) is 5.74. The Morgan fingerprint density at radius 1 is 1.50 bits per heavy atom. The summed E-state index contributed by atoms with van der Waals surface area (Å²) >= 11 is 0. The van der Waals surface area contributed by atoms with Gasteiger partial charge in [-0.2, -0.15) is 0 Å². The molecule has 0 aliphatic carbocycles. The molecule has 0 radical (unpaired) electrons. The third-order valence-corrected chi connectivity index (χ3v) is 2.51. The molecule has 0 spiro atoms. The van der Waals surface area contributed by atoms with Crippen molar-refractivity contribution in [3.05, 3.63) is 24.0 Å². The zero-order valence-electron chi connectivity index (χ0n) is 10.8. The Balaban J connectivity index is 2.78. The summed E-state index contributed by atoms with van der Waals surface area (Å²) in [5, 5.41) is 15.7. The Morgan fingerprint density at radius 2 is 2.17 bits per heavy atom. The third-order valence-electron chi connectivity index (χ3n) is 2.51. The lowest BCUT2D eigenvalue weighted by atomic mass is 9.94. The lowest BCUT2D eigenvalue weighted by Crippen LogP contribution is -2.47. The minimum Gasteiger partial charge on any atom is -0.481 e. The van der Waals surface area contributed by atoms with Crippen molar-refractivity contribution in [3.8, 4) is 0 Å². The summed E-state index contributed by atoms with van der Waals surface area (Å²) in [4.78, 5) is 22.5. The van der Waals surface area contributed by atoms with Crippen LogP contribution < -0.4 is 10.00 Å². The maximum atomic E-state index is 11.5. The summed E-state index contributed by atoms with van der Waals surface area (Å²) in [5.74, 6) is -1.07. The van der Waals surface area contributed by atoms with E-state index in [2.05, 4.69) is 10.4 Å². The van der Waals surface area contributed by atoms with Gasteiger partial charge in [0.1, 0.15) is 11.6 Å². The first-order chi connectivity index (χ1) is 8.36. The van der Waals surface area contributed by atoms with E-state index < -0.39 is 11.4 Å². The van der Waals surface area contributed by atoms with Crippen molar-refractivity contribution < 1.29 is 19.4 Å². The van der Waals surface area contributed by atoms with Crippen LogP contribution in [0.25, 0.3) is 0 Å². The van der Waals surface area contributed by atoms with E-state index in [1.165, 1.54) is 10.9 Å². The number of aromatic nitrogens is 2. The molecule has 1 aromatic heterocycles. The first-order valence-electron chi connectivity index (χ1n) is 5.74. The van der Waals surface area contributed by atoms with Gasteiger partial charge in [0.05, 0.1) is 5.56 Å². The number of carbonyl (C=O) groups excluding carboxylic acids is 1. The van der Waals surface area contributed by atoms with Crippen molar-refractivity contribution >= 4 is 11.9 Å². The van der Waals surface area contributed by atoms with E-state index in [0.29, 0.717) is 12.1 Å². The highest BCUT2D eigenvalue weighted by atomic mass is 16.4. The lowest BCUT2D eigenvalue weighted by molar-refractivity contribution is -0.762. The average molecular weight is 252 g/mol. The SMILES string of the molecule is CCNC(=O)c1cc[n+](CC(C)(C)C(=O)O)nc1. The molecule has 6 heteroatoms. The minimum absolute atomic E-state index is 0.186. The molecule has 0 saturated carbocycles. The highest BCUT2D eigenvalue weighted by molar-refractivity contribution is 5.93. The van der Waals surface area contributed by atoms with Crippen molar-refractivity contribution in [1.29, 1.82) is 0 Å². The van der Waals surface area contributed by atoms with E-state index in [1.54, 1.807) is 26.1 Å². The van der Waals surface area contributed by atoms with Gasteiger partial charge in [-0.05, 0) is 25.9 Å². The van der Waals surface area contributed by atoms with Gasteiger partial charge in [-0.25, -0.2) is 0 Å². The summed E-state index contributed by atoms with van der Waals surface area (Å²) < 4.78 is 1.51. The van der Waals surface area contributed by atoms with Gasteiger partial charge in [-0.1, -0.05) is 4.68 Å². The van der Waals surface area contributed by atoms with Gasteiger partial charge in [0.25, 0.3) is 5.91 Å². The average Bonchev–Trinajstić information content (AvgIpc) is 2.29. The molecule has 1 heterocycles. The molecule has 2 N–H and O–H groups in total. The fraction of sp³-hybridized carbons (Fsp3) is 0.500. The zero-order valence-corrected chi connectivity index (χ0v) is 10.8. The normalized spacial score (nSPS) is 11.1. The van der Waals surface area contributed by atoms with Gasteiger partial charge in [-0.3, -0.25) is 9.59 Å². The molecule has 0 aromatic carbocycles. The number of nitrogens with one attached hydrogen (secondary N) is 1. The Morgan fingerprint density at radius 3 is 2.61 bits per heavy atom. The molecule has 6 nitrogen and oxygen atoms in total. The van der Waals surface area contributed by atoms with Crippen molar-refractivity contribution in [1.82, 2.24) is 10.4 Å². The maximum Gasteiger partial charge on any atom is 0.315 e. The van der Waals surface area contributed by atoms with Crippen LogP contribution in [0.5, 0.6) is 0 Å². The number of carbonyl (C=O) groups is 2. The van der Waals surface area contributed by atoms with E-state index in [-0.39, 0.29) is 12.5 Å². The molecular formula is C12H18N3O3+. The molecular weight excluding hydrogens is 234 g/mol. The van der Waals surface area contributed by atoms with Gasteiger partial charge >= 0.3 is 5.97 Å². The number of carboxylic acid groups (broad SMARTS) is 1. The van der Waals surface area contributed by atoms with Crippen LogP contribution >= 0.6 is 0 Å². The second-order valence-corrected chi connectivity index (χ2v) is 4.66. The molecule has 0 aliphatic rings. The first kappa shape index (κ1) is 14.1. The molecule has 98 valence electrons. The summed E-state index contributed by atoms with van der Waals surface area (Å²) in [6, 6.07) is 1.62. The summed E-state index contributed by atoms with van der Waals surface area (Å²) in [7, 11) is 0. The van der Waals surface area contributed by atoms with Gasteiger partial charge in [0.2, 0.25) is 0 Å². The van der Waals surface area contributed by atoms with Crippen LogP contribution in [0.15, 0.2) is 18.5 Å². The fourth-order valence-electron chi connectivity index (χ4n) is 1.35. The fourth-order valence-corrected chi connectivity index (χ4v) is 1.35. The largest absolute Gasteiger partial charge is 0.481 e. The summed E-state index contributed by atoms with van der Waals surface area (Å²) in [6.07, 6.45) is 3.04. The number of rotatable bonds is 5. The number of carboxylic acids is 1. The standard InChI is InChI=1S/C12H17N3O3/c1-4-13-10(16)9-5-6-15(14-7-9)8-12(2,3)11(17)18/h5-7H,4,8H2,1-3H3,(H-,13,16,17,18)/p+1. The van der Waals surface area contributed by atoms with Crippen LogP contribution in [0.3, 0.4) is 0 Å². The molecule has 1 rings (SSSR count). The third kappa shape index (κ3) is 3.51. The summed E-state index contributed by atoms with van der Waals surface area (Å²) in [6.45, 7) is 5.89. The van der Waals surface area contributed by atoms with Crippen molar-refractivity contribution in [3.63, 3.8) is 0 Å². The van der Waals surface area contributed by atoms with Gasteiger partial charge in [0.15, 0.2) is 12.7 Å². The predicted molar refractivity (Wildman–Crippen MR) is 63.9 cm³/mol. The van der Waals surface area contributed by atoms with Crippen LogP contribution in [0.2, 0.25) is 0 Å². The quantitative estimate of drug-likeness (QED) is 0.735. The van der Waals surface area contributed by atoms with Crippen LogP contribution in [-0.2, 0) is 11.3 Å². The van der Waals surface area contributed by atoms with Crippen LogP contribution in [0, 0.1) is 5.41 Å². The molecule has 0 atom stereocenters. The second kappa shape index (κ2) is 5.57. The highest BCUT2D eigenvalue weighted by Crippen LogP contribution is 2.14. The number of hydrogen-bond donors (Lipinski definition) is 2. The van der Waals surface area contributed by atoms with Gasteiger partial charge in [-0.15, -0.1) is 0 Å². The van der Waals surface area contributed by atoms with Crippen LogP contribution in [0.4, 0.5) is 0 Å². The molecule has 1 amide bonds. The van der Waals surface area contributed by atoms with E-state index >= 15 is 0 Å². The zero-order chi connectivity index (χ0) is 13.8. The maximum absolute atomic E-state index is 11.5. The number of nitrogens with zero attached hydrogens (tertiary/aromatic N) is 2. The van der Waals surface area contributed by atoms with Crippen LogP contribution in [0.1, 0.15) is 31.1 Å². The molecule has 0 fully saturated rings. The Hall–Kier alpha value is -1.98. The van der Waals surface area contributed by atoms with E-state index in [9.17, 15) is 9.59 Å². The van der Waals surface area contributed by atoms with Crippen LogP contribution in [-0.4, -0.2) is 28.6 Å². The Kier molecular flexibility index (Phi) is 4.36. The number of aliphatic carboxylic acids is 1. The van der Waals surface area contributed by atoms with E-state index in [4.69, 9.17) is 5.11 Å². The second-order valence-electron chi connectivity index (χ2n) is 4.66. The molecule has 1 aromatic rings. The van der Waals surface area contributed by atoms with Gasteiger partial charge < -0.3 is 10.4 Å². The van der Waals surface area contributed by atoms with E-state index in [0.717, 1.165) is 0 Å². The molecule has 0 aliphatic heterocycles. The number of hydrogen-bond acceptors (Lipinski definition) is 3. The smallest absolute Gasteiger partial charge is 0.315 e. The molecule has 0 unspecified atom stereocenters. The monoisotopic (exact) mass is 252 g/mol. The van der Waals surface area contributed by atoms with Crippen molar-refractivity contribution in [2.45, 2.75) is 27.3 Å². The summed E-state index contributed by atoms with van der Waals surface area (Å²) in [5.41, 5.74) is -0.438. The predicted octanol–water partition coefficient (Wildman–Crippen LogP) is 0.230. The molecule has 18 heavy (non-hydrogen) atoms. The molecule has 0 saturated heterocycles. The topological polar surface area (TPSA) is 83.2 Å². The van der Waals surface area contributed by atoms with E-state index in [1.807, 2.05) is 6.92 Å². The molecule has 0 bridgehead atoms. The van der Waals surface area contributed by atoms with Crippen molar-refractivity contribution in [2.24, 2.45) is 5.41 Å². The Bertz CT molecular complexity index is 440. The van der Waals surface area contributed by atoms with Crippen molar-refractivity contribution in [2.75, 3.05) is 6.54 Å². The lowest BCUT2D eigenvalue weighted by Gasteiger charge is -2.13. The highest BCUT2D eigenvalue weighted by Gasteiger charge is 2.32. The minimum atomic E-state index is -0.898. The number of amides is 1. The van der Waals surface area contributed by atoms with Gasteiger partial charge in [0, 0.05) is 12.6 Å².